The molecule has 0 spiro atoms. The van der Waals surface area contributed by atoms with Crippen molar-refractivity contribution < 1.29 is 14.2 Å². The number of nitrogens with one attached hydrogen (secondary N) is 1. The van der Waals surface area contributed by atoms with Crippen LogP contribution in [0, 0.1) is 0 Å². The van der Waals surface area contributed by atoms with Crippen LogP contribution >= 0.6 is 0 Å². The Kier molecular flexibility index (Phi) is 4.99. The molecular formula is C17H25NO3. The number of rotatable bonds is 5. The lowest BCUT2D eigenvalue weighted by Gasteiger charge is -2.26. The normalized spacial score (nSPS) is 22.8. The maximum atomic E-state index is 5.83. The summed E-state index contributed by atoms with van der Waals surface area (Å²) in [5.74, 6) is 1.73. The average molecular weight is 291 g/mol. The Hall–Kier alpha value is -1.26. The standard InChI is InChI=1S/C17H25NO3/c1-18-15(7-6-14-4-2-3-9-19-14)13-5-8-16-17(12-13)21-11-10-20-16/h5,8,12,14-15,18H,2-4,6-7,9-11H2,1H3. The summed E-state index contributed by atoms with van der Waals surface area (Å²) in [4.78, 5) is 0. The van der Waals surface area contributed by atoms with Gasteiger partial charge in [-0.1, -0.05) is 6.07 Å². The zero-order valence-electron chi connectivity index (χ0n) is 12.8. The Morgan fingerprint density at radius 1 is 1.14 bits per heavy atom. The van der Waals surface area contributed by atoms with Crippen LogP contribution in [0.1, 0.15) is 43.7 Å². The van der Waals surface area contributed by atoms with Gasteiger partial charge in [-0.25, -0.2) is 0 Å². The molecule has 21 heavy (non-hydrogen) atoms. The van der Waals surface area contributed by atoms with Crippen LogP contribution in [0.15, 0.2) is 18.2 Å². The minimum absolute atomic E-state index is 0.339. The maximum absolute atomic E-state index is 5.83. The number of ether oxygens (including phenoxy) is 3. The van der Waals surface area contributed by atoms with Gasteiger partial charge in [0.2, 0.25) is 0 Å². The highest BCUT2D eigenvalue weighted by Crippen LogP contribution is 2.34. The van der Waals surface area contributed by atoms with Crippen molar-refractivity contribution in [2.24, 2.45) is 0 Å². The third-order valence-corrected chi connectivity index (χ3v) is 4.37. The number of benzene rings is 1. The molecule has 2 aliphatic rings. The van der Waals surface area contributed by atoms with Gasteiger partial charge in [0.15, 0.2) is 11.5 Å². The Balaban J connectivity index is 1.62. The molecule has 1 aromatic rings. The van der Waals surface area contributed by atoms with E-state index in [0.29, 0.717) is 25.4 Å². The van der Waals surface area contributed by atoms with Crippen molar-refractivity contribution in [2.75, 3.05) is 26.9 Å². The molecule has 2 heterocycles. The SMILES string of the molecule is CNC(CCC1CCCCO1)c1ccc2c(c1)OCCO2. The van der Waals surface area contributed by atoms with Gasteiger partial charge in [0, 0.05) is 12.6 Å². The maximum Gasteiger partial charge on any atom is 0.161 e. The third kappa shape index (κ3) is 3.69. The summed E-state index contributed by atoms with van der Waals surface area (Å²) in [7, 11) is 2.02. The van der Waals surface area contributed by atoms with E-state index in [-0.39, 0.29) is 0 Å². The second-order valence-corrected chi connectivity index (χ2v) is 5.81. The van der Waals surface area contributed by atoms with Gasteiger partial charge in [0.1, 0.15) is 13.2 Å². The average Bonchev–Trinajstić information content (AvgIpc) is 2.56. The van der Waals surface area contributed by atoms with Gasteiger partial charge in [-0.05, 0) is 56.8 Å². The molecule has 4 heteroatoms. The zero-order valence-corrected chi connectivity index (χ0v) is 12.8. The van der Waals surface area contributed by atoms with Gasteiger partial charge >= 0.3 is 0 Å². The smallest absolute Gasteiger partial charge is 0.161 e. The van der Waals surface area contributed by atoms with Crippen LogP contribution in [0.25, 0.3) is 0 Å². The first-order chi connectivity index (χ1) is 10.4. The Morgan fingerprint density at radius 3 is 2.76 bits per heavy atom. The van der Waals surface area contributed by atoms with Crippen molar-refractivity contribution in [1.82, 2.24) is 5.32 Å². The molecule has 1 saturated heterocycles. The van der Waals surface area contributed by atoms with Crippen LogP contribution in [-0.4, -0.2) is 33.0 Å². The molecule has 0 aromatic heterocycles. The first kappa shape index (κ1) is 14.7. The summed E-state index contributed by atoms with van der Waals surface area (Å²) in [6.07, 6.45) is 6.36. The van der Waals surface area contributed by atoms with E-state index in [2.05, 4.69) is 17.4 Å². The summed E-state index contributed by atoms with van der Waals surface area (Å²) < 4.78 is 17.1. The highest BCUT2D eigenvalue weighted by atomic mass is 16.6. The molecule has 0 saturated carbocycles. The van der Waals surface area contributed by atoms with Gasteiger partial charge in [-0.2, -0.15) is 0 Å². The van der Waals surface area contributed by atoms with Crippen LogP contribution < -0.4 is 14.8 Å². The van der Waals surface area contributed by atoms with Crippen LogP contribution in [0.4, 0.5) is 0 Å². The fraction of sp³-hybridized carbons (Fsp3) is 0.647. The van der Waals surface area contributed by atoms with Crippen molar-refractivity contribution >= 4 is 0 Å². The van der Waals surface area contributed by atoms with Gasteiger partial charge in [0.05, 0.1) is 6.10 Å². The predicted octanol–water partition coefficient (Wildman–Crippen LogP) is 3.07. The number of fused-ring (bicyclic) bond motifs is 1. The van der Waals surface area contributed by atoms with Crippen LogP contribution in [0.2, 0.25) is 0 Å². The first-order valence-electron chi connectivity index (χ1n) is 8.05. The van der Waals surface area contributed by atoms with E-state index in [4.69, 9.17) is 14.2 Å². The molecule has 1 N–H and O–H groups in total. The molecule has 116 valence electrons. The molecule has 4 nitrogen and oxygen atoms in total. The molecule has 0 aliphatic carbocycles. The van der Waals surface area contributed by atoms with E-state index in [1.165, 1.54) is 24.8 Å². The summed E-state index contributed by atoms with van der Waals surface area (Å²) in [6.45, 7) is 2.20. The van der Waals surface area contributed by atoms with E-state index in [1.54, 1.807) is 0 Å². The summed E-state index contributed by atoms with van der Waals surface area (Å²) >= 11 is 0. The largest absolute Gasteiger partial charge is 0.486 e. The molecule has 0 bridgehead atoms. The monoisotopic (exact) mass is 291 g/mol. The third-order valence-electron chi connectivity index (χ3n) is 4.37. The summed E-state index contributed by atoms with van der Waals surface area (Å²) in [5.41, 5.74) is 1.26. The summed E-state index contributed by atoms with van der Waals surface area (Å²) in [6, 6.07) is 6.60. The molecule has 0 amide bonds. The Morgan fingerprint density at radius 2 is 2.00 bits per heavy atom. The molecule has 3 rings (SSSR count). The lowest BCUT2D eigenvalue weighted by Crippen LogP contribution is -2.23. The predicted molar refractivity (Wildman–Crippen MR) is 82.1 cm³/mol. The molecule has 2 aliphatic heterocycles. The molecular weight excluding hydrogens is 266 g/mol. The van der Waals surface area contributed by atoms with Gasteiger partial charge in [0.25, 0.3) is 0 Å². The van der Waals surface area contributed by atoms with Crippen LogP contribution in [-0.2, 0) is 4.74 Å². The van der Waals surface area contributed by atoms with E-state index in [9.17, 15) is 0 Å². The van der Waals surface area contributed by atoms with Crippen LogP contribution in [0.3, 0.4) is 0 Å². The number of hydrogen-bond acceptors (Lipinski definition) is 4. The van der Waals surface area contributed by atoms with Gasteiger partial charge in [-0.15, -0.1) is 0 Å². The van der Waals surface area contributed by atoms with E-state index in [1.807, 2.05) is 13.1 Å². The minimum atomic E-state index is 0.339. The van der Waals surface area contributed by atoms with E-state index < -0.39 is 0 Å². The van der Waals surface area contributed by atoms with E-state index in [0.717, 1.165) is 30.9 Å². The van der Waals surface area contributed by atoms with Gasteiger partial charge < -0.3 is 19.5 Å². The van der Waals surface area contributed by atoms with Crippen molar-refractivity contribution in [3.05, 3.63) is 23.8 Å². The fourth-order valence-corrected chi connectivity index (χ4v) is 3.14. The minimum Gasteiger partial charge on any atom is -0.486 e. The lowest BCUT2D eigenvalue weighted by molar-refractivity contribution is 0.00865. The van der Waals surface area contributed by atoms with Crippen molar-refractivity contribution in [1.29, 1.82) is 0 Å². The molecule has 0 radical (unpaired) electrons. The first-order valence-corrected chi connectivity index (χ1v) is 8.05. The summed E-state index contributed by atoms with van der Waals surface area (Å²) in [5, 5.41) is 3.41. The highest BCUT2D eigenvalue weighted by Gasteiger charge is 2.19. The molecule has 2 atom stereocenters. The zero-order chi connectivity index (χ0) is 14.5. The molecule has 2 unspecified atom stereocenters. The molecule has 1 fully saturated rings. The Labute approximate surface area is 126 Å². The Bertz CT molecular complexity index is 457. The quantitative estimate of drug-likeness (QED) is 0.905. The highest BCUT2D eigenvalue weighted by molar-refractivity contribution is 5.44. The van der Waals surface area contributed by atoms with Crippen LogP contribution in [0.5, 0.6) is 11.5 Å². The van der Waals surface area contributed by atoms with Gasteiger partial charge in [-0.3, -0.25) is 0 Å². The van der Waals surface area contributed by atoms with Crippen molar-refractivity contribution in [3.63, 3.8) is 0 Å². The lowest BCUT2D eigenvalue weighted by atomic mass is 9.97. The second-order valence-electron chi connectivity index (χ2n) is 5.81. The second kappa shape index (κ2) is 7.14. The molecule has 1 aromatic carbocycles. The van der Waals surface area contributed by atoms with Crippen molar-refractivity contribution in [3.8, 4) is 11.5 Å². The van der Waals surface area contributed by atoms with E-state index >= 15 is 0 Å². The topological polar surface area (TPSA) is 39.7 Å². The fourth-order valence-electron chi connectivity index (χ4n) is 3.14. The number of hydrogen-bond donors (Lipinski definition) is 1. The van der Waals surface area contributed by atoms with Crippen molar-refractivity contribution in [2.45, 2.75) is 44.2 Å².